The predicted molar refractivity (Wildman–Crippen MR) is 152 cm³/mol. The molecule has 0 amide bonds. The predicted octanol–water partition coefficient (Wildman–Crippen LogP) is 11.1. The van der Waals surface area contributed by atoms with Crippen LogP contribution in [0.5, 0.6) is 0 Å². The molecule has 0 radical (unpaired) electrons. The fourth-order valence-corrected chi connectivity index (χ4v) is 4.24. The summed E-state index contributed by atoms with van der Waals surface area (Å²) in [6.45, 7) is 16.0. The molecule has 0 aromatic carbocycles. The lowest BCUT2D eigenvalue weighted by Crippen LogP contribution is -1.88. The van der Waals surface area contributed by atoms with Gasteiger partial charge in [0.2, 0.25) is 0 Å². The molecule has 0 unspecified atom stereocenters. The summed E-state index contributed by atoms with van der Waals surface area (Å²) in [6, 6.07) is 2.05. The highest BCUT2D eigenvalue weighted by atomic mass is 16.3. The smallest absolute Gasteiger partial charge is 0.0934 e. The van der Waals surface area contributed by atoms with E-state index in [2.05, 4.69) is 84.9 Å². The molecular weight excluding hydrogens is 412 g/mol. The lowest BCUT2D eigenvalue weighted by Gasteiger charge is -2.05. The third-order valence-electron chi connectivity index (χ3n) is 6.36. The van der Waals surface area contributed by atoms with Crippen molar-refractivity contribution in [3.63, 3.8) is 0 Å². The first-order valence-electron chi connectivity index (χ1n) is 13.6. The summed E-state index contributed by atoms with van der Waals surface area (Å²) in [7, 11) is 0. The van der Waals surface area contributed by atoms with E-state index in [-0.39, 0.29) is 0 Å². The monoisotopic (exact) mass is 464 g/mol. The van der Waals surface area contributed by atoms with Gasteiger partial charge in [0.05, 0.1) is 12.5 Å². The van der Waals surface area contributed by atoms with Crippen LogP contribution in [0.2, 0.25) is 0 Å². The maximum Gasteiger partial charge on any atom is 0.0934 e. The van der Waals surface area contributed by atoms with E-state index in [1.165, 1.54) is 66.4 Å². The Morgan fingerprint density at radius 1 is 0.647 bits per heavy atom. The molecule has 0 saturated heterocycles. The van der Waals surface area contributed by atoms with Gasteiger partial charge in [0.15, 0.2) is 0 Å². The summed E-state index contributed by atoms with van der Waals surface area (Å²) in [6.07, 6.45) is 28.5. The quantitative estimate of drug-likeness (QED) is 0.209. The normalized spacial score (nSPS) is 14.4. The van der Waals surface area contributed by atoms with Crippen LogP contribution in [0.1, 0.15) is 118 Å². The second kappa shape index (κ2) is 18.3. The molecule has 0 atom stereocenters. The van der Waals surface area contributed by atoms with E-state index in [1.54, 1.807) is 11.8 Å². The highest BCUT2D eigenvalue weighted by molar-refractivity contribution is 5.10. The van der Waals surface area contributed by atoms with E-state index >= 15 is 0 Å². The third-order valence-corrected chi connectivity index (χ3v) is 6.36. The van der Waals surface area contributed by atoms with E-state index < -0.39 is 0 Å². The summed E-state index contributed by atoms with van der Waals surface area (Å²) in [5, 5.41) is 0. The van der Waals surface area contributed by atoms with Crippen LogP contribution in [0.25, 0.3) is 0 Å². The average molecular weight is 465 g/mol. The van der Waals surface area contributed by atoms with Gasteiger partial charge < -0.3 is 4.42 Å². The number of hydrogen-bond donors (Lipinski definition) is 0. The molecule has 0 N–H and O–H groups in total. The fraction of sp³-hybridized carbons (Fsp3) is 0.576. The van der Waals surface area contributed by atoms with Gasteiger partial charge in [0, 0.05) is 0 Å². The number of allylic oxidation sites excluding steroid dienone is 10. The number of hydrogen-bond acceptors (Lipinski definition) is 1. The van der Waals surface area contributed by atoms with Crippen molar-refractivity contribution in [2.24, 2.45) is 5.92 Å². The van der Waals surface area contributed by atoms with Crippen LogP contribution in [0.15, 0.2) is 81.3 Å². The minimum absolute atomic E-state index is 0.761. The molecule has 0 bridgehead atoms. The fourth-order valence-electron chi connectivity index (χ4n) is 4.24. The van der Waals surface area contributed by atoms with Crippen molar-refractivity contribution in [3.05, 3.63) is 82.4 Å². The Kier molecular flexibility index (Phi) is 16.2. The maximum absolute atomic E-state index is 5.13. The van der Waals surface area contributed by atoms with Crippen LogP contribution < -0.4 is 0 Å². The van der Waals surface area contributed by atoms with Gasteiger partial charge in [0.25, 0.3) is 0 Å². The molecule has 190 valence electrons. The van der Waals surface area contributed by atoms with Crippen molar-refractivity contribution >= 4 is 0 Å². The lowest BCUT2D eigenvalue weighted by atomic mass is 10.0. The Morgan fingerprint density at radius 2 is 1.06 bits per heavy atom. The van der Waals surface area contributed by atoms with E-state index in [4.69, 9.17) is 4.42 Å². The lowest BCUT2D eigenvalue weighted by molar-refractivity contribution is 0.564. The SMILES string of the molecule is C/C(=C\CC/C(C)=C/CC/C(C)=C/CCc1ccoc1)CC/C=C(\C)CC/C=C(\C)CC(C)C. The largest absolute Gasteiger partial charge is 0.472 e. The van der Waals surface area contributed by atoms with Crippen LogP contribution in [0.4, 0.5) is 0 Å². The third kappa shape index (κ3) is 16.6. The highest BCUT2D eigenvalue weighted by Crippen LogP contribution is 2.16. The van der Waals surface area contributed by atoms with Gasteiger partial charge in [-0.05, 0) is 123 Å². The van der Waals surface area contributed by atoms with Gasteiger partial charge in [-0.3, -0.25) is 0 Å². The van der Waals surface area contributed by atoms with Crippen LogP contribution in [0.3, 0.4) is 0 Å². The summed E-state index contributed by atoms with van der Waals surface area (Å²) < 4.78 is 5.13. The van der Waals surface area contributed by atoms with Crippen LogP contribution in [-0.2, 0) is 6.42 Å². The van der Waals surface area contributed by atoms with Crippen molar-refractivity contribution in [2.45, 2.75) is 119 Å². The summed E-state index contributed by atoms with van der Waals surface area (Å²) in [4.78, 5) is 0. The first-order valence-corrected chi connectivity index (χ1v) is 13.6. The van der Waals surface area contributed by atoms with E-state index in [1.807, 2.05) is 6.26 Å². The number of furan rings is 1. The summed E-state index contributed by atoms with van der Waals surface area (Å²) in [5.41, 5.74) is 8.90. The van der Waals surface area contributed by atoms with E-state index in [0.29, 0.717) is 0 Å². The van der Waals surface area contributed by atoms with Crippen molar-refractivity contribution in [1.82, 2.24) is 0 Å². The zero-order chi connectivity index (χ0) is 25.2. The van der Waals surface area contributed by atoms with Gasteiger partial charge in [-0.2, -0.15) is 0 Å². The van der Waals surface area contributed by atoms with Gasteiger partial charge in [-0.25, -0.2) is 0 Å². The highest BCUT2D eigenvalue weighted by Gasteiger charge is 1.97. The molecule has 1 aromatic heterocycles. The van der Waals surface area contributed by atoms with Crippen molar-refractivity contribution in [3.8, 4) is 0 Å². The van der Waals surface area contributed by atoms with Crippen LogP contribution in [-0.4, -0.2) is 0 Å². The molecule has 1 heterocycles. The standard InChI is InChI=1S/C33H52O/c1-27(2)25-32(7)21-11-19-30(5)17-9-15-28(3)13-8-14-29(4)16-10-18-31(6)20-12-22-33-23-24-34-26-33/h13,16-17,20-21,23-24,26-27H,8-12,14-15,18-19,22,25H2,1-7H3/b28-13+,29-16+,30-17+,31-20+,32-21+. The second-order valence-corrected chi connectivity index (χ2v) is 10.7. The Hall–Kier alpha value is -2.02. The summed E-state index contributed by atoms with van der Waals surface area (Å²) in [5.74, 6) is 0.761. The summed E-state index contributed by atoms with van der Waals surface area (Å²) >= 11 is 0. The molecule has 1 heteroatoms. The molecular formula is C33H52O. The Labute approximate surface area is 211 Å². The molecule has 0 saturated carbocycles. The minimum Gasteiger partial charge on any atom is -0.472 e. The van der Waals surface area contributed by atoms with Crippen molar-refractivity contribution in [2.75, 3.05) is 0 Å². The molecule has 1 nitrogen and oxygen atoms in total. The maximum atomic E-state index is 5.13. The Morgan fingerprint density at radius 3 is 1.44 bits per heavy atom. The number of rotatable bonds is 17. The second-order valence-electron chi connectivity index (χ2n) is 10.7. The van der Waals surface area contributed by atoms with Gasteiger partial charge in [-0.1, -0.05) is 72.1 Å². The van der Waals surface area contributed by atoms with Crippen molar-refractivity contribution < 1.29 is 4.42 Å². The molecule has 1 aromatic rings. The first-order chi connectivity index (χ1) is 16.3. The number of aryl methyl sites for hydroxylation is 1. The van der Waals surface area contributed by atoms with Crippen molar-refractivity contribution in [1.29, 1.82) is 0 Å². The van der Waals surface area contributed by atoms with Crippen LogP contribution in [0, 0.1) is 5.92 Å². The van der Waals surface area contributed by atoms with Gasteiger partial charge in [-0.15, -0.1) is 0 Å². The molecule has 0 aliphatic rings. The minimum atomic E-state index is 0.761. The zero-order valence-corrected chi connectivity index (χ0v) is 23.4. The molecule has 34 heavy (non-hydrogen) atoms. The molecule has 0 spiro atoms. The molecule has 0 fully saturated rings. The zero-order valence-electron chi connectivity index (χ0n) is 23.4. The van der Waals surface area contributed by atoms with Gasteiger partial charge >= 0.3 is 0 Å². The topological polar surface area (TPSA) is 13.1 Å². The molecule has 0 aliphatic carbocycles. The van der Waals surface area contributed by atoms with E-state index in [0.717, 1.165) is 38.0 Å². The average Bonchev–Trinajstić information content (AvgIpc) is 3.26. The Balaban J connectivity index is 2.19. The molecule has 1 rings (SSSR count). The van der Waals surface area contributed by atoms with Crippen LogP contribution >= 0.6 is 0 Å². The Bertz CT molecular complexity index is 809. The van der Waals surface area contributed by atoms with E-state index in [9.17, 15) is 0 Å². The molecule has 0 aliphatic heterocycles. The van der Waals surface area contributed by atoms with Gasteiger partial charge in [0.1, 0.15) is 0 Å². The first kappa shape index (κ1) is 30.0.